The Morgan fingerprint density at radius 3 is 2.40 bits per heavy atom. The summed E-state index contributed by atoms with van der Waals surface area (Å²) < 4.78 is 40.9. The molecule has 2 rings (SSSR count). The Kier molecular flexibility index (Phi) is 8.36. The van der Waals surface area contributed by atoms with Crippen LogP contribution in [0.4, 0.5) is 14.9 Å². The van der Waals surface area contributed by atoms with E-state index in [1.54, 1.807) is 7.11 Å². The van der Waals surface area contributed by atoms with Gasteiger partial charge in [0.15, 0.2) is 5.90 Å². The van der Waals surface area contributed by atoms with E-state index < -0.39 is 16.6 Å². The van der Waals surface area contributed by atoms with Gasteiger partial charge in [0.1, 0.15) is 18.5 Å². The Labute approximate surface area is 177 Å². The number of urea groups is 1. The van der Waals surface area contributed by atoms with E-state index in [9.17, 15) is 13.4 Å². The zero-order valence-corrected chi connectivity index (χ0v) is 18.6. The average molecular weight is 440 g/mol. The molecule has 0 saturated carbocycles. The maximum Gasteiger partial charge on any atom is 0.322 e. The van der Waals surface area contributed by atoms with E-state index in [4.69, 9.17) is 15.2 Å². The molecule has 0 saturated heterocycles. The van der Waals surface area contributed by atoms with Gasteiger partial charge in [-0.15, -0.1) is 10.6 Å². The molecule has 1 aliphatic heterocycles. The first-order valence-corrected chi connectivity index (χ1v) is 10.7. The van der Waals surface area contributed by atoms with Crippen LogP contribution in [0.1, 0.15) is 50.7 Å². The molecule has 30 heavy (non-hydrogen) atoms. The third-order valence-electron chi connectivity index (χ3n) is 4.53. The van der Waals surface area contributed by atoms with Gasteiger partial charge in [0, 0.05) is 12.8 Å². The number of nitrogens with zero attached hydrogens (tertiary/aromatic N) is 2. The Bertz CT molecular complexity index is 908. The van der Waals surface area contributed by atoms with Crippen LogP contribution in [-0.2, 0) is 24.3 Å². The molecule has 0 spiro atoms. The number of nitrogens with two attached hydrogens (primary N) is 1. The molecular weight excluding hydrogens is 411 g/mol. The number of nitrogens with one attached hydrogen (secondary N) is 1. The fraction of sp³-hybridized carbons (Fsp3) is 0.500. The van der Waals surface area contributed by atoms with Gasteiger partial charge in [-0.3, -0.25) is 4.99 Å². The third kappa shape index (κ3) is 5.79. The number of amides is 2. The lowest BCUT2D eigenvalue weighted by atomic mass is 9.92. The molecule has 1 atom stereocenters. The second-order valence-electron chi connectivity index (χ2n) is 7.38. The molecule has 10 heteroatoms. The molecule has 3 N–H and O–H groups in total. The lowest BCUT2D eigenvalue weighted by molar-refractivity contribution is 0.0508. The number of benzene rings is 1. The van der Waals surface area contributed by atoms with Crippen molar-refractivity contribution < 1.29 is 22.9 Å². The second-order valence-corrected chi connectivity index (χ2v) is 8.51. The summed E-state index contributed by atoms with van der Waals surface area (Å²) in [5.74, 6) is -0.404. The number of aliphatic imine (C=N–C) groups is 1. The first kappa shape index (κ1) is 23.8. The molecule has 0 radical (unpaired) electrons. The van der Waals surface area contributed by atoms with Gasteiger partial charge < -0.3 is 29.1 Å². The molecular formula is C20H28FN4O4S-. The Balaban J connectivity index is 2.31. The lowest BCUT2D eigenvalue weighted by Gasteiger charge is -2.23. The normalized spacial score (nSPS) is 18.3. The SMILES string of the molecule is CO[C@H]1CN=C(C(=CN)[S-](=O)=NC(=O)Nc2c(C(C)C)cc(F)cc2C(C)C)OC1. The van der Waals surface area contributed by atoms with E-state index in [1.165, 1.54) is 12.1 Å². The number of ether oxygens (including phenoxy) is 2. The van der Waals surface area contributed by atoms with Crippen LogP contribution in [0, 0.1) is 5.82 Å². The first-order valence-electron chi connectivity index (χ1n) is 9.58. The molecule has 166 valence electrons. The highest BCUT2D eigenvalue weighted by Crippen LogP contribution is 2.33. The van der Waals surface area contributed by atoms with Crippen LogP contribution in [0.15, 0.2) is 32.6 Å². The van der Waals surface area contributed by atoms with E-state index >= 15 is 0 Å². The van der Waals surface area contributed by atoms with Crippen LogP contribution in [0.3, 0.4) is 0 Å². The summed E-state index contributed by atoms with van der Waals surface area (Å²) in [6.07, 6.45) is 0.847. The minimum atomic E-state index is -2.13. The van der Waals surface area contributed by atoms with Gasteiger partial charge in [0.25, 0.3) is 0 Å². The number of hydrogen-bond donors (Lipinski definition) is 2. The molecule has 0 bridgehead atoms. The first-order chi connectivity index (χ1) is 14.2. The summed E-state index contributed by atoms with van der Waals surface area (Å²) in [6, 6.07) is 1.92. The number of hydrogen-bond acceptors (Lipinski definition) is 7. The van der Waals surface area contributed by atoms with Crippen LogP contribution in [-0.4, -0.2) is 38.3 Å². The standard InChI is InChI=1S/C20H28FN4O4S/c1-11(2)15-6-13(21)7-16(12(3)4)18(15)24-20(26)25-30(27)17(8-22)19-23-9-14(28-5)10-29-19/h6-8,11-12,14H,9-10,22H2,1-5H3,(H,24,26)/q-1/t14-/m0/s1. The highest BCUT2D eigenvalue weighted by Gasteiger charge is 2.19. The van der Waals surface area contributed by atoms with Gasteiger partial charge in [-0.1, -0.05) is 27.7 Å². The van der Waals surface area contributed by atoms with Crippen molar-refractivity contribution in [2.45, 2.75) is 45.6 Å². The van der Waals surface area contributed by atoms with Gasteiger partial charge >= 0.3 is 6.03 Å². The van der Waals surface area contributed by atoms with Crippen molar-refractivity contribution in [3.05, 3.63) is 40.2 Å². The van der Waals surface area contributed by atoms with Gasteiger partial charge in [-0.2, -0.15) is 0 Å². The summed E-state index contributed by atoms with van der Waals surface area (Å²) in [5.41, 5.74) is 7.30. The van der Waals surface area contributed by atoms with Crippen molar-refractivity contribution in [2.24, 2.45) is 15.1 Å². The molecule has 2 amide bonds. The van der Waals surface area contributed by atoms with E-state index in [0.717, 1.165) is 6.20 Å². The molecule has 0 aliphatic carbocycles. The van der Waals surface area contributed by atoms with Crippen LogP contribution in [0.25, 0.3) is 0 Å². The Morgan fingerprint density at radius 2 is 1.97 bits per heavy atom. The van der Waals surface area contributed by atoms with E-state index in [1.807, 2.05) is 27.7 Å². The van der Waals surface area contributed by atoms with Gasteiger partial charge in [0.05, 0.1) is 6.54 Å². The zero-order chi connectivity index (χ0) is 22.4. The van der Waals surface area contributed by atoms with Crippen molar-refractivity contribution in [3.8, 4) is 0 Å². The predicted molar refractivity (Wildman–Crippen MR) is 115 cm³/mol. The maximum atomic E-state index is 14.0. The van der Waals surface area contributed by atoms with Crippen molar-refractivity contribution in [2.75, 3.05) is 25.6 Å². The fourth-order valence-electron chi connectivity index (χ4n) is 2.91. The number of halogens is 1. The van der Waals surface area contributed by atoms with E-state index in [0.29, 0.717) is 23.4 Å². The van der Waals surface area contributed by atoms with E-state index in [2.05, 4.69) is 14.7 Å². The molecule has 1 aromatic carbocycles. The molecule has 1 aromatic rings. The molecule has 0 fully saturated rings. The monoisotopic (exact) mass is 439 g/mol. The fourth-order valence-corrected chi connectivity index (χ4v) is 3.59. The summed E-state index contributed by atoms with van der Waals surface area (Å²) in [6.45, 7) is 8.12. The molecule has 1 aliphatic rings. The number of methoxy groups -OCH3 is 1. The van der Waals surface area contributed by atoms with Crippen molar-refractivity contribution in [3.63, 3.8) is 0 Å². The van der Waals surface area contributed by atoms with Crippen LogP contribution in [0.2, 0.25) is 0 Å². The van der Waals surface area contributed by atoms with Gasteiger partial charge in [-0.05, 0) is 46.2 Å². The second kappa shape index (κ2) is 10.5. The zero-order valence-electron chi connectivity index (χ0n) is 17.8. The van der Waals surface area contributed by atoms with Crippen molar-refractivity contribution in [1.29, 1.82) is 0 Å². The quantitative estimate of drug-likeness (QED) is 0.650. The lowest BCUT2D eigenvalue weighted by Crippen LogP contribution is -2.30. The predicted octanol–water partition coefficient (Wildman–Crippen LogP) is 4.00. The van der Waals surface area contributed by atoms with Gasteiger partial charge in [0.2, 0.25) is 0 Å². The number of anilines is 1. The topological polar surface area (TPSA) is 115 Å². The highest BCUT2D eigenvalue weighted by molar-refractivity contribution is 7.80. The largest absolute Gasteiger partial charge is 0.476 e. The minimum absolute atomic E-state index is 0.00743. The molecule has 0 unspecified atom stereocenters. The molecule has 0 aromatic heterocycles. The highest BCUT2D eigenvalue weighted by atomic mass is 32.2. The summed E-state index contributed by atoms with van der Waals surface area (Å²) in [4.78, 5) is 16.7. The Hall–Kier alpha value is -2.46. The third-order valence-corrected chi connectivity index (χ3v) is 5.55. The minimum Gasteiger partial charge on any atom is -0.476 e. The van der Waals surface area contributed by atoms with Crippen molar-refractivity contribution >= 4 is 28.2 Å². The van der Waals surface area contributed by atoms with Crippen LogP contribution in [0.5, 0.6) is 0 Å². The molecule has 8 nitrogen and oxygen atoms in total. The number of carbonyl (C=O) groups excluding carboxylic acids is 1. The van der Waals surface area contributed by atoms with Crippen LogP contribution >= 0.6 is 0 Å². The van der Waals surface area contributed by atoms with Gasteiger partial charge in [-0.25, -0.2) is 9.18 Å². The number of carbonyl (C=O) groups is 1. The summed E-state index contributed by atoms with van der Waals surface area (Å²) in [7, 11) is -0.593. The van der Waals surface area contributed by atoms with Crippen LogP contribution < -0.4 is 11.1 Å². The Morgan fingerprint density at radius 1 is 1.37 bits per heavy atom. The smallest absolute Gasteiger partial charge is 0.322 e. The maximum absolute atomic E-state index is 14.0. The van der Waals surface area contributed by atoms with Crippen molar-refractivity contribution in [1.82, 2.24) is 0 Å². The average Bonchev–Trinajstić information content (AvgIpc) is 2.69. The summed E-state index contributed by atoms with van der Waals surface area (Å²) >= 11 is 0. The summed E-state index contributed by atoms with van der Waals surface area (Å²) in [5, 5.41) is 2.66. The molecule has 1 heterocycles. The number of rotatable bonds is 6. The van der Waals surface area contributed by atoms with E-state index in [-0.39, 0.29) is 41.2 Å².